The van der Waals surface area contributed by atoms with Gasteiger partial charge in [-0.3, -0.25) is 0 Å². The van der Waals surface area contributed by atoms with Crippen LogP contribution in [-0.2, 0) is 9.31 Å². The maximum absolute atomic E-state index is 6.07. The molecule has 6 nitrogen and oxygen atoms in total. The van der Waals surface area contributed by atoms with E-state index in [0.717, 1.165) is 16.6 Å². The van der Waals surface area contributed by atoms with E-state index >= 15 is 0 Å². The van der Waals surface area contributed by atoms with Crippen molar-refractivity contribution in [1.29, 1.82) is 0 Å². The van der Waals surface area contributed by atoms with Crippen LogP contribution in [-0.4, -0.2) is 39.8 Å². The number of H-pyrrole nitrogens is 1. The number of nitrogens with zero attached hydrogens (tertiary/aromatic N) is 2. The molecule has 0 aliphatic carbocycles. The number of aromatic nitrogens is 3. The summed E-state index contributed by atoms with van der Waals surface area (Å²) in [5.74, 6) is 0. The van der Waals surface area contributed by atoms with Crippen molar-refractivity contribution in [3.8, 4) is 0 Å². The van der Waals surface area contributed by atoms with Gasteiger partial charge >= 0.3 is 7.12 Å². The number of rotatable bonds is 3. The first-order valence-corrected chi connectivity index (χ1v) is 7.87. The third kappa shape index (κ3) is 2.78. The van der Waals surface area contributed by atoms with Gasteiger partial charge in [0.2, 0.25) is 0 Å². The minimum Gasteiger partial charge on any atom is -0.400 e. The lowest BCUT2D eigenvalue weighted by molar-refractivity contribution is 0.00578. The first-order chi connectivity index (χ1) is 10.7. The molecule has 122 valence electrons. The standard InChI is InChI=1S/C15H20BClN4O2/c1-14(2)15(3,4)23-16(22-14)10(6-18)5-9-7-19-12-11(9)20-8-21-13(12)17/h5,7-8,19H,6,18H2,1-4H3. The molecule has 0 bridgehead atoms. The molecule has 0 spiro atoms. The normalized spacial score (nSPS) is 20.4. The second-order valence-electron chi connectivity index (χ2n) is 6.64. The van der Waals surface area contributed by atoms with Gasteiger partial charge in [-0.05, 0) is 33.2 Å². The molecule has 1 aliphatic heterocycles. The van der Waals surface area contributed by atoms with Crippen LogP contribution in [0, 0.1) is 0 Å². The average molecular weight is 335 g/mol. The topological polar surface area (TPSA) is 86.0 Å². The van der Waals surface area contributed by atoms with Crippen molar-refractivity contribution in [2.45, 2.75) is 38.9 Å². The number of hydrogen-bond donors (Lipinski definition) is 2. The number of halogens is 1. The fraction of sp³-hybridized carbons (Fsp3) is 0.467. The largest absolute Gasteiger partial charge is 0.491 e. The third-order valence-electron chi connectivity index (χ3n) is 4.58. The highest BCUT2D eigenvalue weighted by atomic mass is 35.5. The SMILES string of the molecule is CC1(C)OB(C(=Cc2c[nH]c3c(Cl)ncnc23)CN)OC1(C)C. The van der Waals surface area contributed by atoms with E-state index in [1.807, 2.05) is 40.0 Å². The Hall–Kier alpha value is -1.41. The molecule has 3 rings (SSSR count). The van der Waals surface area contributed by atoms with Gasteiger partial charge in [0, 0.05) is 18.3 Å². The Morgan fingerprint density at radius 3 is 2.57 bits per heavy atom. The smallest absolute Gasteiger partial charge is 0.400 e. The molecule has 0 radical (unpaired) electrons. The predicted molar refractivity (Wildman–Crippen MR) is 92.0 cm³/mol. The second-order valence-corrected chi connectivity index (χ2v) is 7.00. The van der Waals surface area contributed by atoms with Crippen molar-refractivity contribution >= 4 is 35.8 Å². The minimum absolute atomic E-state index is 0.322. The molecular formula is C15H20BClN4O2. The van der Waals surface area contributed by atoms with Gasteiger partial charge in [0.15, 0.2) is 5.15 Å². The Morgan fingerprint density at radius 1 is 1.30 bits per heavy atom. The predicted octanol–water partition coefficient (Wildman–Crippen LogP) is 2.58. The van der Waals surface area contributed by atoms with E-state index in [1.54, 1.807) is 0 Å². The average Bonchev–Trinajstić information content (AvgIpc) is 2.96. The van der Waals surface area contributed by atoms with Gasteiger partial charge in [-0.15, -0.1) is 0 Å². The Morgan fingerprint density at radius 2 is 1.96 bits per heavy atom. The van der Waals surface area contributed by atoms with Crippen molar-refractivity contribution < 1.29 is 9.31 Å². The van der Waals surface area contributed by atoms with E-state index in [4.69, 9.17) is 26.6 Å². The van der Waals surface area contributed by atoms with Gasteiger partial charge in [-0.25, -0.2) is 9.97 Å². The monoisotopic (exact) mass is 334 g/mol. The molecule has 0 atom stereocenters. The Labute approximate surface area is 140 Å². The number of nitrogens with one attached hydrogen (secondary N) is 1. The summed E-state index contributed by atoms with van der Waals surface area (Å²) in [5, 5.41) is 0.389. The highest BCUT2D eigenvalue weighted by Gasteiger charge is 2.52. The van der Waals surface area contributed by atoms with E-state index in [0.29, 0.717) is 17.2 Å². The molecule has 0 amide bonds. The minimum atomic E-state index is -0.479. The van der Waals surface area contributed by atoms with Gasteiger partial charge < -0.3 is 20.0 Å². The second kappa shape index (κ2) is 5.59. The van der Waals surface area contributed by atoms with E-state index < -0.39 is 18.3 Å². The summed E-state index contributed by atoms with van der Waals surface area (Å²) in [5.41, 5.74) is 8.28. The first-order valence-electron chi connectivity index (χ1n) is 7.49. The summed E-state index contributed by atoms with van der Waals surface area (Å²) in [4.78, 5) is 11.3. The number of nitrogens with two attached hydrogens (primary N) is 1. The first kappa shape index (κ1) is 16.5. The molecule has 0 aromatic carbocycles. The maximum Gasteiger partial charge on any atom is 0.491 e. The highest BCUT2D eigenvalue weighted by molar-refractivity contribution is 6.56. The number of aromatic amines is 1. The molecule has 23 heavy (non-hydrogen) atoms. The van der Waals surface area contributed by atoms with Crippen LogP contribution in [0.1, 0.15) is 33.3 Å². The Bertz CT molecular complexity index is 756. The van der Waals surface area contributed by atoms with Gasteiger partial charge in [0.1, 0.15) is 17.4 Å². The Balaban J connectivity index is 1.98. The van der Waals surface area contributed by atoms with Crippen LogP contribution in [0.2, 0.25) is 5.15 Å². The molecule has 2 aromatic heterocycles. The molecule has 1 aliphatic rings. The fourth-order valence-electron chi connectivity index (χ4n) is 2.46. The zero-order valence-electron chi connectivity index (χ0n) is 13.7. The molecule has 0 unspecified atom stereocenters. The highest BCUT2D eigenvalue weighted by Crippen LogP contribution is 2.38. The van der Waals surface area contributed by atoms with E-state index in [9.17, 15) is 0 Å². The maximum atomic E-state index is 6.07. The lowest BCUT2D eigenvalue weighted by atomic mass is 9.77. The quantitative estimate of drug-likeness (QED) is 0.665. The van der Waals surface area contributed by atoms with Crippen LogP contribution < -0.4 is 5.73 Å². The lowest BCUT2D eigenvalue weighted by Gasteiger charge is -2.32. The van der Waals surface area contributed by atoms with Gasteiger partial charge in [-0.2, -0.15) is 0 Å². The van der Waals surface area contributed by atoms with Crippen LogP contribution in [0.3, 0.4) is 0 Å². The van der Waals surface area contributed by atoms with Crippen molar-refractivity contribution in [3.05, 3.63) is 28.7 Å². The zero-order valence-corrected chi connectivity index (χ0v) is 14.4. The number of hydrogen-bond acceptors (Lipinski definition) is 5. The fourth-order valence-corrected chi connectivity index (χ4v) is 2.64. The summed E-state index contributed by atoms with van der Waals surface area (Å²) < 4.78 is 12.1. The molecule has 2 aromatic rings. The van der Waals surface area contributed by atoms with Crippen LogP contribution in [0.4, 0.5) is 0 Å². The lowest BCUT2D eigenvalue weighted by Crippen LogP contribution is -2.41. The van der Waals surface area contributed by atoms with Crippen molar-refractivity contribution in [1.82, 2.24) is 15.0 Å². The van der Waals surface area contributed by atoms with Crippen LogP contribution in [0.25, 0.3) is 17.1 Å². The molecule has 3 N–H and O–H groups in total. The summed E-state index contributed by atoms with van der Waals surface area (Å²) in [6.07, 6.45) is 5.20. The molecule has 0 saturated carbocycles. The summed E-state index contributed by atoms with van der Waals surface area (Å²) in [7, 11) is -0.479. The van der Waals surface area contributed by atoms with Gasteiger partial charge in [0.05, 0.1) is 11.2 Å². The summed E-state index contributed by atoms with van der Waals surface area (Å²) in [6.45, 7) is 8.38. The number of fused-ring (bicyclic) bond motifs is 1. The van der Waals surface area contributed by atoms with Crippen LogP contribution >= 0.6 is 11.6 Å². The third-order valence-corrected chi connectivity index (χ3v) is 4.87. The summed E-state index contributed by atoms with van der Waals surface area (Å²) >= 11 is 6.07. The van der Waals surface area contributed by atoms with E-state index in [2.05, 4.69) is 15.0 Å². The van der Waals surface area contributed by atoms with Crippen molar-refractivity contribution in [3.63, 3.8) is 0 Å². The molecular weight excluding hydrogens is 314 g/mol. The molecule has 1 saturated heterocycles. The molecule has 8 heteroatoms. The zero-order chi connectivity index (χ0) is 16.8. The van der Waals surface area contributed by atoms with E-state index in [1.165, 1.54) is 6.33 Å². The molecule has 1 fully saturated rings. The molecule has 3 heterocycles. The van der Waals surface area contributed by atoms with Crippen LogP contribution in [0.15, 0.2) is 18.0 Å². The van der Waals surface area contributed by atoms with Gasteiger partial charge in [0.25, 0.3) is 0 Å². The van der Waals surface area contributed by atoms with Gasteiger partial charge in [-0.1, -0.05) is 17.7 Å². The van der Waals surface area contributed by atoms with Crippen LogP contribution in [0.5, 0.6) is 0 Å². The van der Waals surface area contributed by atoms with Crippen molar-refractivity contribution in [2.24, 2.45) is 5.73 Å². The van der Waals surface area contributed by atoms with Crippen molar-refractivity contribution in [2.75, 3.05) is 6.54 Å². The Kier molecular flexibility index (Phi) is 4.00. The summed E-state index contributed by atoms with van der Waals surface area (Å²) in [6, 6.07) is 0. The van der Waals surface area contributed by atoms with E-state index in [-0.39, 0.29) is 0 Å².